The highest BCUT2D eigenvalue weighted by Crippen LogP contribution is 2.23. The van der Waals surface area contributed by atoms with Gasteiger partial charge in [0.25, 0.3) is 0 Å². The SMILES string of the molecule is CC(CC1CCCO1)NCC1CSCCS1. The molecule has 0 spiro atoms. The zero-order chi connectivity index (χ0) is 11.2. The standard InChI is InChI=1S/C12H23NOS2/c1-10(7-11-3-2-4-14-11)13-8-12-9-15-5-6-16-12/h10-13H,2-9H2,1H3. The minimum absolute atomic E-state index is 0.524. The molecule has 16 heavy (non-hydrogen) atoms. The van der Waals surface area contributed by atoms with E-state index in [4.69, 9.17) is 4.74 Å². The van der Waals surface area contributed by atoms with Crippen molar-refractivity contribution in [2.75, 3.05) is 30.4 Å². The van der Waals surface area contributed by atoms with Gasteiger partial charge in [-0.25, -0.2) is 0 Å². The van der Waals surface area contributed by atoms with Crippen LogP contribution < -0.4 is 5.32 Å². The van der Waals surface area contributed by atoms with Crippen LogP contribution in [0.1, 0.15) is 26.2 Å². The molecule has 3 atom stereocenters. The predicted octanol–water partition coefficient (Wildman–Crippen LogP) is 2.38. The first-order valence-electron chi connectivity index (χ1n) is 6.39. The first-order valence-corrected chi connectivity index (χ1v) is 8.59. The first-order chi connectivity index (χ1) is 7.84. The number of nitrogens with one attached hydrogen (secondary N) is 1. The summed E-state index contributed by atoms with van der Waals surface area (Å²) >= 11 is 4.24. The summed E-state index contributed by atoms with van der Waals surface area (Å²) in [6.45, 7) is 4.44. The van der Waals surface area contributed by atoms with Gasteiger partial charge in [0.05, 0.1) is 6.10 Å². The summed E-state index contributed by atoms with van der Waals surface area (Å²) in [6.07, 6.45) is 4.23. The average Bonchev–Trinajstić information content (AvgIpc) is 2.81. The van der Waals surface area contributed by atoms with Crippen LogP contribution in [0, 0.1) is 0 Å². The summed E-state index contributed by atoms with van der Waals surface area (Å²) in [5, 5.41) is 4.49. The van der Waals surface area contributed by atoms with E-state index in [-0.39, 0.29) is 0 Å². The predicted molar refractivity (Wildman–Crippen MR) is 74.6 cm³/mol. The average molecular weight is 261 g/mol. The van der Waals surface area contributed by atoms with Gasteiger partial charge in [0.2, 0.25) is 0 Å². The lowest BCUT2D eigenvalue weighted by atomic mass is 10.1. The van der Waals surface area contributed by atoms with Crippen molar-refractivity contribution in [2.45, 2.75) is 43.6 Å². The van der Waals surface area contributed by atoms with Crippen LogP contribution in [0.25, 0.3) is 0 Å². The highest BCUT2D eigenvalue weighted by atomic mass is 32.2. The largest absolute Gasteiger partial charge is 0.378 e. The molecule has 0 aromatic rings. The van der Waals surface area contributed by atoms with Gasteiger partial charge < -0.3 is 10.1 Å². The van der Waals surface area contributed by atoms with E-state index in [1.165, 1.54) is 43.1 Å². The number of thioether (sulfide) groups is 2. The number of hydrogen-bond acceptors (Lipinski definition) is 4. The van der Waals surface area contributed by atoms with Crippen LogP contribution in [0.15, 0.2) is 0 Å². The Kier molecular flexibility index (Phi) is 5.83. The molecule has 2 aliphatic rings. The van der Waals surface area contributed by atoms with Crippen LogP contribution >= 0.6 is 23.5 Å². The third kappa shape index (κ3) is 4.47. The molecule has 0 radical (unpaired) electrons. The van der Waals surface area contributed by atoms with Crippen molar-refractivity contribution in [3.63, 3.8) is 0 Å². The van der Waals surface area contributed by atoms with Crippen LogP contribution in [-0.2, 0) is 4.74 Å². The number of hydrogen-bond donors (Lipinski definition) is 1. The third-order valence-electron chi connectivity index (χ3n) is 3.22. The van der Waals surface area contributed by atoms with Crippen molar-refractivity contribution in [3.8, 4) is 0 Å². The molecule has 2 rings (SSSR count). The smallest absolute Gasteiger partial charge is 0.0590 e. The highest BCUT2D eigenvalue weighted by molar-refractivity contribution is 8.06. The lowest BCUT2D eigenvalue weighted by Crippen LogP contribution is -2.36. The fourth-order valence-corrected chi connectivity index (χ4v) is 4.92. The zero-order valence-electron chi connectivity index (χ0n) is 10.1. The first kappa shape index (κ1) is 13.1. The van der Waals surface area contributed by atoms with Crippen molar-refractivity contribution in [3.05, 3.63) is 0 Å². The fourth-order valence-electron chi connectivity index (χ4n) is 2.29. The lowest BCUT2D eigenvalue weighted by molar-refractivity contribution is 0.0964. The minimum Gasteiger partial charge on any atom is -0.378 e. The van der Waals surface area contributed by atoms with Crippen LogP contribution in [-0.4, -0.2) is 47.8 Å². The van der Waals surface area contributed by atoms with Gasteiger partial charge in [-0.1, -0.05) is 0 Å². The summed E-state index contributed by atoms with van der Waals surface area (Å²) in [6, 6.07) is 0.607. The molecule has 0 aromatic heterocycles. The Hall–Kier alpha value is 0.620. The molecular formula is C12H23NOS2. The van der Waals surface area contributed by atoms with Gasteiger partial charge >= 0.3 is 0 Å². The summed E-state index contributed by atoms with van der Waals surface area (Å²) in [5.41, 5.74) is 0. The van der Waals surface area contributed by atoms with E-state index in [0.29, 0.717) is 12.1 Å². The normalized spacial score (nSPS) is 32.8. The molecule has 4 heteroatoms. The molecule has 2 saturated heterocycles. The Balaban J connectivity index is 1.57. The van der Waals surface area contributed by atoms with E-state index in [1.54, 1.807) is 0 Å². The molecule has 0 aromatic carbocycles. The maximum absolute atomic E-state index is 5.67. The number of rotatable bonds is 5. The van der Waals surface area contributed by atoms with Gasteiger partial charge in [-0.3, -0.25) is 0 Å². The second-order valence-electron chi connectivity index (χ2n) is 4.75. The van der Waals surface area contributed by atoms with E-state index < -0.39 is 0 Å². The second kappa shape index (κ2) is 7.14. The third-order valence-corrected chi connectivity index (χ3v) is 6.06. The Morgan fingerprint density at radius 1 is 1.44 bits per heavy atom. The summed E-state index contributed by atoms with van der Waals surface area (Å²) in [5.74, 6) is 3.99. The molecule has 94 valence electrons. The Labute approximate surface area is 108 Å². The summed E-state index contributed by atoms with van der Waals surface area (Å²) in [4.78, 5) is 0. The fraction of sp³-hybridized carbons (Fsp3) is 1.00. The van der Waals surface area contributed by atoms with Crippen molar-refractivity contribution >= 4 is 23.5 Å². The summed E-state index contributed by atoms with van der Waals surface area (Å²) in [7, 11) is 0. The van der Waals surface area contributed by atoms with Crippen LogP contribution in [0.4, 0.5) is 0 Å². The van der Waals surface area contributed by atoms with Gasteiger partial charge in [-0.05, 0) is 26.2 Å². The quantitative estimate of drug-likeness (QED) is 0.820. The van der Waals surface area contributed by atoms with Crippen molar-refractivity contribution in [1.29, 1.82) is 0 Å². The highest BCUT2D eigenvalue weighted by Gasteiger charge is 2.19. The molecule has 0 amide bonds. The van der Waals surface area contributed by atoms with Crippen LogP contribution in [0.5, 0.6) is 0 Å². The maximum atomic E-state index is 5.67. The van der Waals surface area contributed by atoms with Gasteiger partial charge in [-0.2, -0.15) is 23.5 Å². The van der Waals surface area contributed by atoms with Gasteiger partial charge in [0.1, 0.15) is 0 Å². The Morgan fingerprint density at radius 3 is 3.06 bits per heavy atom. The summed E-state index contributed by atoms with van der Waals surface area (Å²) < 4.78 is 5.67. The second-order valence-corrected chi connectivity index (χ2v) is 7.31. The molecule has 0 aliphatic carbocycles. The molecule has 2 heterocycles. The topological polar surface area (TPSA) is 21.3 Å². The van der Waals surface area contributed by atoms with Crippen LogP contribution in [0.3, 0.4) is 0 Å². The van der Waals surface area contributed by atoms with Gasteiger partial charge in [0, 0.05) is 41.7 Å². The van der Waals surface area contributed by atoms with Crippen molar-refractivity contribution in [1.82, 2.24) is 5.32 Å². The van der Waals surface area contributed by atoms with Gasteiger partial charge in [0.15, 0.2) is 0 Å². The molecule has 2 aliphatic heterocycles. The maximum Gasteiger partial charge on any atom is 0.0590 e. The minimum atomic E-state index is 0.524. The van der Waals surface area contributed by atoms with Crippen LogP contribution in [0.2, 0.25) is 0 Å². The van der Waals surface area contributed by atoms with E-state index in [9.17, 15) is 0 Å². The van der Waals surface area contributed by atoms with Crippen molar-refractivity contribution in [2.24, 2.45) is 0 Å². The molecule has 2 nitrogen and oxygen atoms in total. The van der Waals surface area contributed by atoms with E-state index >= 15 is 0 Å². The Morgan fingerprint density at radius 2 is 2.38 bits per heavy atom. The molecule has 2 fully saturated rings. The number of ether oxygens (including phenoxy) is 1. The van der Waals surface area contributed by atoms with Gasteiger partial charge in [-0.15, -0.1) is 0 Å². The molecule has 3 unspecified atom stereocenters. The molecular weight excluding hydrogens is 238 g/mol. The zero-order valence-corrected chi connectivity index (χ0v) is 11.7. The Bertz CT molecular complexity index is 191. The molecule has 0 saturated carbocycles. The van der Waals surface area contributed by atoms with Crippen molar-refractivity contribution < 1.29 is 4.74 Å². The monoisotopic (exact) mass is 261 g/mol. The molecule has 1 N–H and O–H groups in total. The van der Waals surface area contributed by atoms with E-state index in [0.717, 1.165) is 11.9 Å². The molecule has 0 bridgehead atoms. The lowest BCUT2D eigenvalue weighted by Gasteiger charge is -2.24. The van der Waals surface area contributed by atoms with E-state index in [1.807, 2.05) is 0 Å². The van der Waals surface area contributed by atoms with E-state index in [2.05, 4.69) is 35.8 Å².